The number of rotatable bonds is 11. The molecule has 0 spiro atoms. The van der Waals surface area contributed by atoms with Gasteiger partial charge in [0.15, 0.2) is 12.1 Å². The van der Waals surface area contributed by atoms with Crippen LogP contribution in [0.25, 0.3) is 0 Å². The zero-order chi connectivity index (χ0) is 31.5. The summed E-state index contributed by atoms with van der Waals surface area (Å²) < 4.78 is 17.9. The summed E-state index contributed by atoms with van der Waals surface area (Å²) in [5, 5.41) is 56.7. The van der Waals surface area contributed by atoms with Crippen molar-refractivity contribution in [1.82, 2.24) is 10.2 Å². The molecule has 242 valence electrons. The molecule has 3 saturated heterocycles. The Morgan fingerprint density at radius 1 is 1.14 bits per heavy atom. The molecule has 10 N–H and O–H groups in total. The molecule has 11 atom stereocenters. The van der Waals surface area contributed by atoms with Gasteiger partial charge in [0.05, 0.1) is 54.6 Å². The maximum atomic E-state index is 13.5. The van der Waals surface area contributed by atoms with Crippen molar-refractivity contribution in [2.75, 3.05) is 13.1 Å². The van der Waals surface area contributed by atoms with E-state index in [-0.39, 0.29) is 50.2 Å². The Labute approximate surface area is 247 Å². The minimum Gasteiger partial charge on any atom is -0.393 e. The van der Waals surface area contributed by atoms with Gasteiger partial charge >= 0.3 is 6.03 Å². The van der Waals surface area contributed by atoms with E-state index in [0.29, 0.717) is 0 Å². The molecule has 3 heterocycles. The maximum absolute atomic E-state index is 13.5. The number of hydrogen-bond donors (Lipinski definition) is 8. The quantitative estimate of drug-likeness (QED) is 0.127. The van der Waals surface area contributed by atoms with Gasteiger partial charge in [0.1, 0.15) is 6.10 Å². The molecule has 3 aliphatic heterocycles. The topological polar surface area (TPSA) is 230 Å². The monoisotopic (exact) mass is 602 g/mol. The van der Waals surface area contributed by atoms with E-state index in [9.17, 15) is 35.1 Å². The molecule has 0 aromatic carbocycles. The first-order valence-electron chi connectivity index (χ1n) is 14.7. The van der Waals surface area contributed by atoms with Gasteiger partial charge in [-0.1, -0.05) is 39.8 Å². The summed E-state index contributed by atoms with van der Waals surface area (Å²) in [4.78, 5) is 26.2. The molecule has 14 heteroatoms. The predicted octanol–water partition coefficient (Wildman–Crippen LogP) is -1.49. The fourth-order valence-corrected chi connectivity index (χ4v) is 5.49. The average molecular weight is 603 g/mol. The molecular weight excluding hydrogens is 552 g/mol. The molecule has 3 fully saturated rings. The van der Waals surface area contributed by atoms with Gasteiger partial charge in [-0.15, -0.1) is 0 Å². The summed E-state index contributed by atoms with van der Waals surface area (Å²) in [6.07, 6.45) is -5.56. The van der Waals surface area contributed by atoms with Crippen molar-refractivity contribution in [3.63, 3.8) is 0 Å². The standard InChI is InChI=1S/C28H50N4O10/c1-13(2)6-7-17(41-26-24(36)22(29)23(35)15(5)40-26)8-20-21(25(37)31-16-11-32(12-16)27(30)38)19(34)10-28(39,42-20)9-18(33)14(3)4/h6-7,13-24,26,33-36,39H,8-12,29H2,1-5H3,(H2,30,38)(H,31,37)/b7-6+/t15?,17-,18+,19-,20-,21+,22?,23?,24?,26?,28+/m0/s1. The highest BCUT2D eigenvalue weighted by atomic mass is 16.7. The van der Waals surface area contributed by atoms with Crippen molar-refractivity contribution >= 4 is 11.9 Å². The summed E-state index contributed by atoms with van der Waals surface area (Å²) in [6, 6.07) is -1.99. The number of allylic oxidation sites excluding steroid dienone is 1. The first-order chi connectivity index (χ1) is 19.5. The second-order valence-electron chi connectivity index (χ2n) is 12.7. The number of primary amides is 1. The van der Waals surface area contributed by atoms with Crippen LogP contribution in [-0.2, 0) is 19.0 Å². The molecule has 0 aromatic rings. The number of ether oxygens (including phenoxy) is 3. The molecule has 0 saturated carbocycles. The molecule has 3 aliphatic rings. The van der Waals surface area contributed by atoms with Gasteiger partial charge < -0.3 is 61.4 Å². The fraction of sp³-hybridized carbons (Fsp3) is 0.857. The molecule has 5 unspecified atom stereocenters. The highest BCUT2D eigenvalue weighted by Gasteiger charge is 2.51. The first-order valence-corrected chi connectivity index (χ1v) is 14.7. The van der Waals surface area contributed by atoms with Crippen molar-refractivity contribution in [3.05, 3.63) is 12.2 Å². The Morgan fingerprint density at radius 2 is 1.79 bits per heavy atom. The third-order valence-corrected chi connectivity index (χ3v) is 8.24. The van der Waals surface area contributed by atoms with Crippen molar-refractivity contribution in [1.29, 1.82) is 0 Å². The molecule has 0 radical (unpaired) electrons. The number of urea groups is 1. The lowest BCUT2D eigenvalue weighted by Crippen LogP contribution is -2.65. The number of aliphatic hydroxyl groups excluding tert-OH is 4. The van der Waals surface area contributed by atoms with E-state index in [0.717, 1.165) is 0 Å². The van der Waals surface area contributed by atoms with Crippen LogP contribution >= 0.6 is 0 Å². The van der Waals surface area contributed by atoms with E-state index in [4.69, 9.17) is 25.7 Å². The minimum absolute atomic E-state index is 0.0463. The second-order valence-corrected chi connectivity index (χ2v) is 12.7. The van der Waals surface area contributed by atoms with Gasteiger partial charge in [-0.25, -0.2) is 4.79 Å². The van der Waals surface area contributed by atoms with Crippen LogP contribution < -0.4 is 16.8 Å². The number of nitrogens with one attached hydrogen (secondary N) is 1. The van der Waals surface area contributed by atoms with Crippen molar-refractivity contribution in [3.8, 4) is 0 Å². The van der Waals surface area contributed by atoms with E-state index in [1.165, 1.54) is 4.90 Å². The average Bonchev–Trinajstić information content (AvgIpc) is 2.85. The third-order valence-electron chi connectivity index (χ3n) is 8.24. The summed E-state index contributed by atoms with van der Waals surface area (Å²) in [7, 11) is 0. The van der Waals surface area contributed by atoms with E-state index < -0.39 is 78.7 Å². The van der Waals surface area contributed by atoms with Gasteiger partial charge in [0, 0.05) is 32.4 Å². The van der Waals surface area contributed by atoms with Crippen molar-refractivity contribution in [2.24, 2.45) is 29.2 Å². The third kappa shape index (κ3) is 8.61. The van der Waals surface area contributed by atoms with Crippen LogP contribution in [0, 0.1) is 17.8 Å². The number of carbonyl (C=O) groups is 2. The number of carbonyl (C=O) groups excluding carboxylic acids is 2. The summed E-state index contributed by atoms with van der Waals surface area (Å²) in [6.45, 7) is 9.53. The van der Waals surface area contributed by atoms with Gasteiger partial charge in [-0.3, -0.25) is 4.79 Å². The van der Waals surface area contributed by atoms with Crippen LogP contribution in [0.15, 0.2) is 12.2 Å². The zero-order valence-electron chi connectivity index (χ0n) is 25.1. The largest absolute Gasteiger partial charge is 0.393 e. The Balaban J connectivity index is 1.86. The van der Waals surface area contributed by atoms with Gasteiger partial charge in [0.2, 0.25) is 5.91 Å². The van der Waals surface area contributed by atoms with Crippen LogP contribution in [0.4, 0.5) is 4.79 Å². The van der Waals surface area contributed by atoms with Crippen molar-refractivity contribution in [2.45, 2.75) is 121 Å². The Kier molecular flexibility index (Phi) is 11.8. The van der Waals surface area contributed by atoms with Crippen LogP contribution in [0.2, 0.25) is 0 Å². The number of nitrogens with two attached hydrogens (primary N) is 2. The Morgan fingerprint density at radius 3 is 2.36 bits per heavy atom. The number of aliphatic hydroxyl groups is 5. The summed E-state index contributed by atoms with van der Waals surface area (Å²) >= 11 is 0. The number of likely N-dealkylation sites (tertiary alicyclic amines) is 1. The lowest BCUT2D eigenvalue weighted by atomic mass is 9.81. The molecule has 0 bridgehead atoms. The van der Waals surface area contributed by atoms with Crippen LogP contribution in [0.5, 0.6) is 0 Å². The fourth-order valence-electron chi connectivity index (χ4n) is 5.49. The Bertz CT molecular complexity index is 948. The number of nitrogens with zero attached hydrogens (tertiary/aromatic N) is 1. The first kappa shape index (κ1) is 34.6. The number of hydrogen-bond acceptors (Lipinski definition) is 11. The van der Waals surface area contributed by atoms with Crippen LogP contribution in [0.3, 0.4) is 0 Å². The van der Waals surface area contributed by atoms with Gasteiger partial charge in [-0.05, 0) is 18.8 Å². The SMILES string of the molecule is CC(C)/C=C/[C@@H](C[C@@H]1O[C@](O)(C[C@@H](O)C(C)C)C[C@H](O)[C@H]1C(=O)NC1CN(C(N)=O)C1)OC1OC(C)C(O)C(N)C1O. The summed E-state index contributed by atoms with van der Waals surface area (Å²) in [5.41, 5.74) is 11.3. The highest BCUT2D eigenvalue weighted by Crippen LogP contribution is 2.38. The van der Waals surface area contributed by atoms with E-state index >= 15 is 0 Å². The molecule has 0 aliphatic carbocycles. The summed E-state index contributed by atoms with van der Waals surface area (Å²) in [5.74, 6) is -3.69. The van der Waals surface area contributed by atoms with Gasteiger partial charge in [0.25, 0.3) is 0 Å². The van der Waals surface area contributed by atoms with Gasteiger partial charge in [-0.2, -0.15) is 0 Å². The predicted molar refractivity (Wildman–Crippen MR) is 150 cm³/mol. The van der Waals surface area contributed by atoms with Crippen LogP contribution in [-0.4, -0.2) is 122 Å². The lowest BCUT2D eigenvalue weighted by Gasteiger charge is -2.47. The highest BCUT2D eigenvalue weighted by molar-refractivity contribution is 5.81. The normalized spacial score (nSPS) is 37.6. The Hall–Kier alpha value is -1.88. The minimum atomic E-state index is -1.93. The van der Waals surface area contributed by atoms with Crippen LogP contribution in [0.1, 0.15) is 53.9 Å². The second kappa shape index (κ2) is 14.3. The molecule has 3 rings (SSSR count). The lowest BCUT2D eigenvalue weighted by molar-refractivity contribution is -0.307. The van der Waals surface area contributed by atoms with Crippen molar-refractivity contribution < 1.29 is 49.3 Å². The van der Waals surface area contributed by atoms with E-state index in [1.807, 2.05) is 19.9 Å². The molecule has 42 heavy (non-hydrogen) atoms. The molecule has 3 amide bonds. The maximum Gasteiger partial charge on any atom is 0.314 e. The zero-order valence-corrected chi connectivity index (χ0v) is 25.1. The molecule has 0 aromatic heterocycles. The van der Waals surface area contributed by atoms with E-state index in [2.05, 4.69) is 5.32 Å². The number of amides is 3. The van der Waals surface area contributed by atoms with E-state index in [1.54, 1.807) is 26.8 Å². The molecular formula is C28H50N4O10. The smallest absolute Gasteiger partial charge is 0.314 e. The molecule has 14 nitrogen and oxygen atoms in total.